The number of aryl methyl sites for hydroxylation is 2. The number of nitrogens with one attached hydrogen (secondary N) is 1. The van der Waals surface area contributed by atoms with Gasteiger partial charge in [-0.05, 0) is 50.1 Å². The van der Waals surface area contributed by atoms with Crippen LogP contribution in [0.2, 0.25) is 0 Å². The van der Waals surface area contributed by atoms with Gasteiger partial charge in [-0.2, -0.15) is 5.10 Å². The lowest BCUT2D eigenvalue weighted by Gasteiger charge is -2.24. The maximum Gasteiger partial charge on any atom is 0.0492 e. The van der Waals surface area contributed by atoms with E-state index >= 15 is 0 Å². The molecule has 3 nitrogen and oxygen atoms in total. The van der Waals surface area contributed by atoms with Crippen LogP contribution in [0.15, 0.2) is 12.3 Å². The van der Waals surface area contributed by atoms with Crippen molar-refractivity contribution in [2.24, 2.45) is 18.9 Å². The van der Waals surface area contributed by atoms with Crippen LogP contribution < -0.4 is 5.32 Å². The van der Waals surface area contributed by atoms with E-state index in [0.717, 1.165) is 24.8 Å². The normalized spacial score (nSPS) is 24.8. The van der Waals surface area contributed by atoms with Gasteiger partial charge in [-0.1, -0.05) is 26.7 Å². The lowest BCUT2D eigenvalue weighted by molar-refractivity contribution is 0.332. The molecule has 1 aliphatic carbocycles. The van der Waals surface area contributed by atoms with Gasteiger partial charge in [0, 0.05) is 25.0 Å². The van der Waals surface area contributed by atoms with E-state index in [0.29, 0.717) is 6.04 Å². The second-order valence-corrected chi connectivity index (χ2v) is 6.00. The Labute approximate surface area is 117 Å². The average Bonchev–Trinajstić information content (AvgIpc) is 3.03. The van der Waals surface area contributed by atoms with Crippen LogP contribution in [-0.4, -0.2) is 22.4 Å². The van der Waals surface area contributed by atoms with E-state index in [1.54, 1.807) is 0 Å². The third kappa shape index (κ3) is 3.82. The lowest BCUT2D eigenvalue weighted by Crippen LogP contribution is -2.35. The molecule has 0 spiro atoms. The number of nitrogens with zero attached hydrogens (tertiary/aromatic N) is 2. The van der Waals surface area contributed by atoms with Crippen LogP contribution in [-0.2, 0) is 13.5 Å². The first-order valence-corrected chi connectivity index (χ1v) is 7.94. The predicted molar refractivity (Wildman–Crippen MR) is 80.1 cm³/mol. The van der Waals surface area contributed by atoms with E-state index in [9.17, 15) is 0 Å². The number of rotatable bonds is 7. The molecule has 0 radical (unpaired) electrons. The standard InChI is InChI=1S/C16H29N3/c1-4-13-6-7-14(12-13)16(17-5-2)9-8-15-10-11-18-19(15)3/h10-11,13-14,16-17H,4-9,12H2,1-3H3. The molecule has 1 aliphatic rings. The van der Waals surface area contributed by atoms with Crippen molar-refractivity contribution in [3.63, 3.8) is 0 Å². The quantitative estimate of drug-likeness (QED) is 0.819. The maximum absolute atomic E-state index is 4.26. The zero-order valence-corrected chi connectivity index (χ0v) is 12.7. The molecule has 19 heavy (non-hydrogen) atoms. The summed E-state index contributed by atoms with van der Waals surface area (Å²) in [5.41, 5.74) is 1.35. The van der Waals surface area contributed by atoms with Crippen molar-refractivity contribution >= 4 is 0 Å². The fourth-order valence-electron chi connectivity index (χ4n) is 3.57. The molecular weight excluding hydrogens is 234 g/mol. The molecule has 1 aromatic heterocycles. The molecule has 0 saturated heterocycles. The van der Waals surface area contributed by atoms with Gasteiger partial charge >= 0.3 is 0 Å². The minimum atomic E-state index is 0.691. The molecule has 1 fully saturated rings. The van der Waals surface area contributed by atoms with Crippen LogP contribution in [0.3, 0.4) is 0 Å². The molecule has 1 heterocycles. The minimum Gasteiger partial charge on any atom is -0.314 e. The fourth-order valence-corrected chi connectivity index (χ4v) is 3.57. The molecule has 2 rings (SSSR count). The lowest BCUT2D eigenvalue weighted by atomic mass is 9.92. The topological polar surface area (TPSA) is 29.9 Å². The summed E-state index contributed by atoms with van der Waals surface area (Å²) in [4.78, 5) is 0. The molecule has 0 aromatic carbocycles. The highest BCUT2D eigenvalue weighted by molar-refractivity contribution is 5.01. The SMILES string of the molecule is CCNC(CCc1ccnn1C)C1CCC(CC)C1. The zero-order valence-electron chi connectivity index (χ0n) is 12.7. The summed E-state index contributed by atoms with van der Waals surface area (Å²) >= 11 is 0. The van der Waals surface area contributed by atoms with Gasteiger partial charge in [0.25, 0.3) is 0 Å². The molecule has 1 saturated carbocycles. The van der Waals surface area contributed by atoms with E-state index < -0.39 is 0 Å². The Morgan fingerprint density at radius 1 is 1.42 bits per heavy atom. The summed E-state index contributed by atoms with van der Waals surface area (Å²) in [6.45, 7) is 5.65. The fraction of sp³-hybridized carbons (Fsp3) is 0.812. The minimum absolute atomic E-state index is 0.691. The largest absolute Gasteiger partial charge is 0.314 e. The number of hydrogen-bond acceptors (Lipinski definition) is 2. The van der Waals surface area contributed by atoms with E-state index in [2.05, 4.69) is 30.3 Å². The van der Waals surface area contributed by atoms with E-state index in [4.69, 9.17) is 0 Å². The highest BCUT2D eigenvalue weighted by Gasteiger charge is 2.29. The van der Waals surface area contributed by atoms with Crippen LogP contribution in [0.1, 0.15) is 51.6 Å². The smallest absolute Gasteiger partial charge is 0.0492 e. The Bertz CT molecular complexity index is 372. The van der Waals surface area contributed by atoms with Crippen molar-refractivity contribution < 1.29 is 0 Å². The third-order valence-electron chi connectivity index (χ3n) is 4.83. The molecular formula is C16H29N3. The first-order chi connectivity index (χ1) is 9.24. The molecule has 3 unspecified atom stereocenters. The van der Waals surface area contributed by atoms with E-state index in [1.807, 2.05) is 17.9 Å². The predicted octanol–water partition coefficient (Wildman–Crippen LogP) is 3.16. The highest BCUT2D eigenvalue weighted by Crippen LogP contribution is 2.36. The summed E-state index contributed by atoms with van der Waals surface area (Å²) < 4.78 is 2.01. The molecule has 1 N–H and O–H groups in total. The van der Waals surface area contributed by atoms with Gasteiger partial charge in [0.15, 0.2) is 0 Å². The van der Waals surface area contributed by atoms with Crippen molar-refractivity contribution in [1.29, 1.82) is 0 Å². The highest BCUT2D eigenvalue weighted by atomic mass is 15.2. The van der Waals surface area contributed by atoms with Gasteiger partial charge < -0.3 is 5.32 Å². The second-order valence-electron chi connectivity index (χ2n) is 6.00. The Hall–Kier alpha value is -0.830. The van der Waals surface area contributed by atoms with Crippen molar-refractivity contribution in [3.8, 4) is 0 Å². The van der Waals surface area contributed by atoms with Gasteiger partial charge in [0.2, 0.25) is 0 Å². The number of hydrogen-bond donors (Lipinski definition) is 1. The van der Waals surface area contributed by atoms with Crippen molar-refractivity contribution in [2.75, 3.05) is 6.54 Å². The molecule has 3 atom stereocenters. The molecule has 1 aromatic rings. The summed E-state index contributed by atoms with van der Waals surface area (Å²) in [5.74, 6) is 1.86. The Morgan fingerprint density at radius 2 is 2.26 bits per heavy atom. The molecule has 3 heteroatoms. The van der Waals surface area contributed by atoms with Crippen LogP contribution in [0.4, 0.5) is 0 Å². The summed E-state index contributed by atoms with van der Waals surface area (Å²) in [6.07, 6.45) is 9.93. The Kier molecular flexibility index (Phi) is 5.44. The number of aromatic nitrogens is 2. The molecule has 0 amide bonds. The first-order valence-electron chi connectivity index (χ1n) is 7.94. The maximum atomic E-state index is 4.26. The van der Waals surface area contributed by atoms with Gasteiger partial charge in [0.1, 0.15) is 0 Å². The second kappa shape index (κ2) is 7.09. The third-order valence-corrected chi connectivity index (χ3v) is 4.83. The van der Waals surface area contributed by atoms with Crippen LogP contribution in [0.25, 0.3) is 0 Å². The van der Waals surface area contributed by atoms with Gasteiger partial charge in [-0.15, -0.1) is 0 Å². The van der Waals surface area contributed by atoms with Crippen molar-refractivity contribution in [1.82, 2.24) is 15.1 Å². The van der Waals surface area contributed by atoms with Crippen molar-refractivity contribution in [2.45, 2.75) is 58.4 Å². The van der Waals surface area contributed by atoms with Crippen LogP contribution in [0.5, 0.6) is 0 Å². The Balaban J connectivity index is 1.87. The van der Waals surface area contributed by atoms with Crippen molar-refractivity contribution in [3.05, 3.63) is 18.0 Å². The zero-order chi connectivity index (χ0) is 13.7. The Morgan fingerprint density at radius 3 is 2.84 bits per heavy atom. The van der Waals surface area contributed by atoms with Crippen LogP contribution in [0, 0.1) is 11.8 Å². The summed E-state index contributed by atoms with van der Waals surface area (Å²) in [5, 5.41) is 7.98. The summed E-state index contributed by atoms with van der Waals surface area (Å²) in [6, 6.07) is 2.84. The van der Waals surface area contributed by atoms with Gasteiger partial charge in [-0.25, -0.2) is 0 Å². The van der Waals surface area contributed by atoms with E-state index in [1.165, 1.54) is 37.8 Å². The first kappa shape index (κ1) is 14.6. The van der Waals surface area contributed by atoms with Gasteiger partial charge in [0.05, 0.1) is 0 Å². The molecule has 108 valence electrons. The molecule has 0 aliphatic heterocycles. The molecule has 0 bridgehead atoms. The van der Waals surface area contributed by atoms with Crippen LogP contribution >= 0.6 is 0 Å². The average molecular weight is 263 g/mol. The summed E-state index contributed by atoms with van der Waals surface area (Å²) in [7, 11) is 2.04. The monoisotopic (exact) mass is 263 g/mol. The van der Waals surface area contributed by atoms with Gasteiger partial charge in [-0.3, -0.25) is 4.68 Å². The van der Waals surface area contributed by atoms with E-state index in [-0.39, 0.29) is 0 Å².